The molecule has 0 aromatic rings. The highest BCUT2D eigenvalue weighted by atomic mass is 19.4. The van der Waals surface area contributed by atoms with Crippen LogP contribution in [0.5, 0.6) is 0 Å². The highest BCUT2D eigenvalue weighted by Crippen LogP contribution is 2.15. The summed E-state index contributed by atoms with van der Waals surface area (Å²) in [5.74, 6) is -1.97. The van der Waals surface area contributed by atoms with Gasteiger partial charge in [0.1, 0.15) is 6.61 Å². The van der Waals surface area contributed by atoms with Gasteiger partial charge in [0.2, 0.25) is 6.10 Å². The number of carbonyl (C=O) groups excluding carboxylic acids is 2. The molecule has 0 bridgehead atoms. The smallest absolute Gasteiger partial charge is 0.411 e. The second-order valence-corrected chi connectivity index (χ2v) is 2.44. The summed E-state index contributed by atoms with van der Waals surface area (Å²) in [6.07, 6.45) is -6.39. The Morgan fingerprint density at radius 3 is 2.14 bits per heavy atom. The van der Waals surface area contributed by atoms with Crippen LogP contribution in [0.15, 0.2) is 0 Å². The van der Waals surface area contributed by atoms with E-state index in [4.69, 9.17) is 0 Å². The lowest BCUT2D eigenvalue weighted by molar-refractivity contribution is -0.193. The Bertz CT molecular complexity index is 223. The van der Waals surface area contributed by atoms with E-state index in [1.54, 1.807) is 0 Å². The zero-order chi connectivity index (χ0) is 11.4. The van der Waals surface area contributed by atoms with Crippen molar-refractivity contribution in [1.29, 1.82) is 0 Å². The summed E-state index contributed by atoms with van der Waals surface area (Å²) in [7, 11) is 0.954. The molecule has 0 aromatic carbocycles. The van der Waals surface area contributed by atoms with Crippen molar-refractivity contribution in [3.8, 4) is 0 Å². The van der Waals surface area contributed by atoms with Gasteiger partial charge < -0.3 is 9.47 Å². The lowest BCUT2D eigenvalue weighted by atomic mass is 10.2. The molecule has 0 spiro atoms. The fraction of sp³-hybridized carbons (Fsp3) is 0.714. The maximum Gasteiger partial charge on any atom is 0.411 e. The largest absolute Gasteiger partial charge is 0.467 e. The zero-order valence-corrected chi connectivity index (χ0v) is 7.55. The fourth-order valence-electron chi connectivity index (χ4n) is 0.636. The predicted octanol–water partition coefficient (Wildman–Crippen LogP) is 0.696. The molecule has 82 valence electrons. The first-order valence-corrected chi connectivity index (χ1v) is 3.54. The van der Waals surface area contributed by atoms with Crippen molar-refractivity contribution in [2.24, 2.45) is 0 Å². The molecule has 0 saturated heterocycles. The van der Waals surface area contributed by atoms with Gasteiger partial charge in [0, 0.05) is 0 Å². The SMILES string of the molecule is COC(=O)C(OCC(F)(F)F)C(C)=O. The quantitative estimate of drug-likeness (QED) is 0.510. The van der Waals surface area contributed by atoms with Crippen LogP contribution in [0.25, 0.3) is 0 Å². The van der Waals surface area contributed by atoms with Crippen LogP contribution < -0.4 is 0 Å². The Hall–Kier alpha value is -1.11. The third-order valence-corrected chi connectivity index (χ3v) is 1.20. The molecule has 4 nitrogen and oxygen atoms in total. The van der Waals surface area contributed by atoms with Crippen LogP contribution in [0.1, 0.15) is 6.92 Å². The van der Waals surface area contributed by atoms with Crippen molar-refractivity contribution < 1.29 is 32.2 Å². The summed E-state index contributed by atoms with van der Waals surface area (Å²) in [5.41, 5.74) is 0. The van der Waals surface area contributed by atoms with Crippen molar-refractivity contribution in [2.75, 3.05) is 13.7 Å². The molecule has 1 unspecified atom stereocenters. The number of carbonyl (C=O) groups is 2. The van der Waals surface area contributed by atoms with Crippen LogP contribution in [0.3, 0.4) is 0 Å². The Balaban J connectivity index is 4.26. The second kappa shape index (κ2) is 4.94. The molecular formula is C7H9F3O4. The molecule has 0 radical (unpaired) electrons. The first kappa shape index (κ1) is 12.9. The average Bonchev–Trinajstić information content (AvgIpc) is 2.01. The van der Waals surface area contributed by atoms with E-state index in [2.05, 4.69) is 9.47 Å². The van der Waals surface area contributed by atoms with Crippen LogP contribution >= 0.6 is 0 Å². The molecule has 7 heteroatoms. The number of alkyl halides is 3. The van der Waals surface area contributed by atoms with Crippen LogP contribution in [-0.2, 0) is 19.1 Å². The summed E-state index contributed by atoms with van der Waals surface area (Å²) in [6, 6.07) is 0. The Morgan fingerprint density at radius 1 is 1.36 bits per heavy atom. The van der Waals surface area contributed by atoms with Gasteiger partial charge in [0.05, 0.1) is 7.11 Å². The molecule has 0 fully saturated rings. The van der Waals surface area contributed by atoms with Gasteiger partial charge in [-0.1, -0.05) is 0 Å². The molecular weight excluding hydrogens is 205 g/mol. The van der Waals surface area contributed by atoms with E-state index in [0.29, 0.717) is 0 Å². The van der Waals surface area contributed by atoms with E-state index in [9.17, 15) is 22.8 Å². The lowest BCUT2D eigenvalue weighted by Gasteiger charge is -2.13. The molecule has 0 N–H and O–H groups in total. The minimum absolute atomic E-state index is 0.832. The van der Waals surface area contributed by atoms with Gasteiger partial charge in [-0.05, 0) is 6.92 Å². The molecule has 14 heavy (non-hydrogen) atoms. The van der Waals surface area contributed by atoms with Gasteiger partial charge in [0.25, 0.3) is 0 Å². The predicted molar refractivity (Wildman–Crippen MR) is 38.5 cm³/mol. The summed E-state index contributed by atoms with van der Waals surface area (Å²) in [4.78, 5) is 21.4. The summed E-state index contributed by atoms with van der Waals surface area (Å²) in [5, 5.41) is 0. The Labute approximate surface area is 78.0 Å². The van der Waals surface area contributed by atoms with Gasteiger partial charge in [-0.3, -0.25) is 4.79 Å². The maximum absolute atomic E-state index is 11.7. The number of hydrogen-bond acceptors (Lipinski definition) is 4. The molecule has 0 rings (SSSR count). The number of halogens is 3. The van der Waals surface area contributed by atoms with Crippen molar-refractivity contribution in [3.05, 3.63) is 0 Å². The van der Waals surface area contributed by atoms with E-state index < -0.39 is 30.6 Å². The van der Waals surface area contributed by atoms with Crippen LogP contribution in [0.2, 0.25) is 0 Å². The maximum atomic E-state index is 11.7. The van der Waals surface area contributed by atoms with Gasteiger partial charge in [0.15, 0.2) is 5.78 Å². The van der Waals surface area contributed by atoms with Crippen LogP contribution in [0, 0.1) is 0 Å². The van der Waals surface area contributed by atoms with Crippen molar-refractivity contribution in [3.63, 3.8) is 0 Å². The number of Topliss-reactive ketones (excluding diaryl/α,β-unsaturated/α-hetero) is 1. The average molecular weight is 214 g/mol. The standard InChI is InChI=1S/C7H9F3O4/c1-4(11)5(6(12)13-2)14-3-7(8,9)10/h5H,3H2,1-2H3. The number of rotatable bonds is 4. The van der Waals surface area contributed by atoms with E-state index in [0.717, 1.165) is 14.0 Å². The van der Waals surface area contributed by atoms with Crippen molar-refractivity contribution >= 4 is 11.8 Å². The molecule has 1 atom stereocenters. The van der Waals surface area contributed by atoms with Gasteiger partial charge >= 0.3 is 12.1 Å². The van der Waals surface area contributed by atoms with Crippen molar-refractivity contribution in [2.45, 2.75) is 19.2 Å². The molecule has 0 aromatic heterocycles. The van der Waals surface area contributed by atoms with Gasteiger partial charge in [-0.15, -0.1) is 0 Å². The lowest BCUT2D eigenvalue weighted by Crippen LogP contribution is -2.35. The molecule has 0 aliphatic rings. The zero-order valence-electron chi connectivity index (χ0n) is 7.55. The van der Waals surface area contributed by atoms with E-state index in [-0.39, 0.29) is 0 Å². The fourth-order valence-corrected chi connectivity index (χ4v) is 0.636. The second-order valence-electron chi connectivity index (χ2n) is 2.44. The first-order chi connectivity index (χ1) is 6.28. The number of methoxy groups -OCH3 is 1. The van der Waals surface area contributed by atoms with Gasteiger partial charge in [-0.25, -0.2) is 4.79 Å². The van der Waals surface area contributed by atoms with Crippen LogP contribution in [-0.4, -0.2) is 37.7 Å². The molecule has 0 amide bonds. The summed E-state index contributed by atoms with van der Waals surface area (Å²) in [6.45, 7) is -0.718. The monoisotopic (exact) mass is 214 g/mol. The number of hydrogen-bond donors (Lipinski definition) is 0. The molecule has 0 aliphatic carbocycles. The third-order valence-electron chi connectivity index (χ3n) is 1.20. The number of ether oxygens (including phenoxy) is 2. The Kier molecular flexibility index (Phi) is 4.55. The minimum atomic E-state index is -4.58. The highest BCUT2D eigenvalue weighted by Gasteiger charge is 2.33. The summed E-state index contributed by atoms with van der Waals surface area (Å²) >= 11 is 0. The van der Waals surface area contributed by atoms with Crippen molar-refractivity contribution in [1.82, 2.24) is 0 Å². The topological polar surface area (TPSA) is 52.6 Å². The number of esters is 1. The van der Waals surface area contributed by atoms with Crippen LogP contribution in [0.4, 0.5) is 13.2 Å². The molecule has 0 heterocycles. The number of ketones is 1. The summed E-state index contributed by atoms with van der Waals surface area (Å²) < 4.78 is 43.1. The normalized spacial score (nSPS) is 13.5. The first-order valence-electron chi connectivity index (χ1n) is 3.54. The molecule has 0 aliphatic heterocycles. The minimum Gasteiger partial charge on any atom is -0.467 e. The van der Waals surface area contributed by atoms with E-state index in [1.807, 2.05) is 0 Å². The third kappa shape index (κ3) is 4.80. The molecule has 0 saturated carbocycles. The van der Waals surface area contributed by atoms with Gasteiger partial charge in [-0.2, -0.15) is 13.2 Å². The Morgan fingerprint density at radius 2 is 1.86 bits per heavy atom. The van der Waals surface area contributed by atoms with E-state index >= 15 is 0 Å². The highest BCUT2D eigenvalue weighted by molar-refractivity contribution is 6.00. The van der Waals surface area contributed by atoms with E-state index in [1.165, 1.54) is 0 Å².